The molecule has 2 aromatic heterocycles. The first-order chi connectivity index (χ1) is 11.0. The van der Waals surface area contributed by atoms with Crippen LogP contribution in [0.25, 0.3) is 0 Å². The van der Waals surface area contributed by atoms with E-state index in [1.165, 1.54) is 7.11 Å². The standard InChI is InChI=1S/C16H20N2O4S/c1-11-14(16(20)21-3)7-12(22-11)9-18(2)10-15(19)17-8-13-5-4-6-23-13/h4-7H,8-10H2,1-3H3,(H,17,19). The van der Waals surface area contributed by atoms with Crippen LogP contribution in [0.4, 0.5) is 0 Å². The maximum Gasteiger partial charge on any atom is 0.341 e. The third kappa shape index (κ3) is 4.94. The quantitative estimate of drug-likeness (QED) is 0.785. The molecule has 2 aromatic rings. The molecule has 0 unspecified atom stereocenters. The minimum Gasteiger partial charge on any atom is -0.465 e. The van der Waals surface area contributed by atoms with Crippen LogP contribution >= 0.6 is 11.3 Å². The van der Waals surface area contributed by atoms with Gasteiger partial charge in [-0.3, -0.25) is 9.69 Å². The van der Waals surface area contributed by atoms with Crippen molar-refractivity contribution < 1.29 is 18.7 Å². The molecule has 1 amide bonds. The lowest BCUT2D eigenvalue weighted by atomic mass is 10.2. The summed E-state index contributed by atoms with van der Waals surface area (Å²) in [5, 5.41) is 4.85. The summed E-state index contributed by atoms with van der Waals surface area (Å²) in [5.74, 6) is 0.657. The molecule has 0 fully saturated rings. The third-order valence-corrected chi connectivity index (χ3v) is 4.13. The molecule has 0 aliphatic carbocycles. The van der Waals surface area contributed by atoms with Gasteiger partial charge < -0.3 is 14.5 Å². The second kappa shape index (κ2) is 7.94. The van der Waals surface area contributed by atoms with Crippen LogP contribution in [0.1, 0.15) is 26.8 Å². The fourth-order valence-electron chi connectivity index (χ4n) is 2.16. The number of amides is 1. The monoisotopic (exact) mass is 336 g/mol. The zero-order valence-electron chi connectivity index (χ0n) is 13.4. The zero-order valence-corrected chi connectivity index (χ0v) is 14.2. The van der Waals surface area contributed by atoms with E-state index in [9.17, 15) is 9.59 Å². The molecule has 0 aliphatic heterocycles. The number of hydrogen-bond acceptors (Lipinski definition) is 6. The molecule has 0 saturated carbocycles. The largest absolute Gasteiger partial charge is 0.465 e. The molecule has 0 bridgehead atoms. The summed E-state index contributed by atoms with van der Waals surface area (Å²) in [6, 6.07) is 5.59. The van der Waals surface area contributed by atoms with Gasteiger partial charge >= 0.3 is 5.97 Å². The number of hydrogen-bond donors (Lipinski definition) is 1. The molecule has 0 aliphatic rings. The van der Waals surface area contributed by atoms with Gasteiger partial charge in [-0.25, -0.2) is 4.79 Å². The van der Waals surface area contributed by atoms with Crippen molar-refractivity contribution in [2.45, 2.75) is 20.0 Å². The number of nitrogens with zero attached hydrogens (tertiary/aromatic N) is 1. The van der Waals surface area contributed by atoms with Gasteiger partial charge in [-0.1, -0.05) is 6.07 Å². The number of ether oxygens (including phenoxy) is 1. The number of aryl methyl sites for hydroxylation is 1. The van der Waals surface area contributed by atoms with Crippen molar-refractivity contribution in [1.29, 1.82) is 0 Å². The van der Waals surface area contributed by atoms with Gasteiger partial charge in [0.15, 0.2) is 0 Å². The first-order valence-electron chi connectivity index (χ1n) is 7.15. The van der Waals surface area contributed by atoms with Crippen LogP contribution < -0.4 is 5.32 Å². The molecular formula is C16H20N2O4S. The molecule has 23 heavy (non-hydrogen) atoms. The second-order valence-electron chi connectivity index (χ2n) is 5.20. The maximum atomic E-state index is 11.9. The van der Waals surface area contributed by atoms with E-state index in [1.807, 2.05) is 29.5 Å². The van der Waals surface area contributed by atoms with Crippen molar-refractivity contribution in [2.24, 2.45) is 0 Å². The van der Waals surface area contributed by atoms with Gasteiger partial charge in [0.1, 0.15) is 17.1 Å². The number of esters is 1. The number of likely N-dealkylation sites (N-methyl/N-ethyl adjacent to an activating group) is 1. The number of carbonyl (C=O) groups excluding carboxylic acids is 2. The molecule has 0 atom stereocenters. The molecule has 124 valence electrons. The average Bonchev–Trinajstić information content (AvgIpc) is 3.14. The molecule has 6 nitrogen and oxygen atoms in total. The fraction of sp³-hybridized carbons (Fsp3) is 0.375. The minimum atomic E-state index is -0.422. The van der Waals surface area contributed by atoms with Crippen LogP contribution in [0.2, 0.25) is 0 Å². The van der Waals surface area contributed by atoms with Crippen molar-refractivity contribution in [3.63, 3.8) is 0 Å². The van der Waals surface area contributed by atoms with Gasteiger partial charge in [0.25, 0.3) is 0 Å². The highest BCUT2D eigenvalue weighted by Crippen LogP contribution is 2.16. The van der Waals surface area contributed by atoms with Gasteiger partial charge in [0, 0.05) is 4.88 Å². The molecule has 0 aromatic carbocycles. The van der Waals surface area contributed by atoms with E-state index in [4.69, 9.17) is 9.15 Å². The van der Waals surface area contributed by atoms with Crippen LogP contribution in [-0.2, 0) is 22.6 Å². The van der Waals surface area contributed by atoms with Gasteiger partial charge in [0.2, 0.25) is 5.91 Å². The smallest absolute Gasteiger partial charge is 0.341 e. The lowest BCUT2D eigenvalue weighted by Crippen LogP contribution is -2.34. The van der Waals surface area contributed by atoms with E-state index in [-0.39, 0.29) is 12.5 Å². The molecule has 1 N–H and O–H groups in total. The highest BCUT2D eigenvalue weighted by molar-refractivity contribution is 7.09. The average molecular weight is 336 g/mol. The number of nitrogens with one attached hydrogen (secondary N) is 1. The van der Waals surface area contributed by atoms with E-state index in [1.54, 1.807) is 24.3 Å². The lowest BCUT2D eigenvalue weighted by Gasteiger charge is -2.14. The molecule has 0 spiro atoms. The summed E-state index contributed by atoms with van der Waals surface area (Å²) in [4.78, 5) is 26.4. The van der Waals surface area contributed by atoms with Gasteiger partial charge in [-0.15, -0.1) is 11.3 Å². The fourth-order valence-corrected chi connectivity index (χ4v) is 2.80. The maximum absolute atomic E-state index is 11.9. The number of thiophene rings is 1. The van der Waals surface area contributed by atoms with E-state index < -0.39 is 5.97 Å². The van der Waals surface area contributed by atoms with Crippen LogP contribution in [0, 0.1) is 6.92 Å². The first kappa shape index (κ1) is 17.2. The van der Waals surface area contributed by atoms with Gasteiger partial charge in [-0.05, 0) is 31.5 Å². The Balaban J connectivity index is 1.83. The summed E-state index contributed by atoms with van der Waals surface area (Å²) in [6.45, 7) is 2.93. The molecule has 7 heteroatoms. The molecule has 0 saturated heterocycles. The molecular weight excluding hydrogens is 316 g/mol. The zero-order chi connectivity index (χ0) is 16.8. The second-order valence-corrected chi connectivity index (χ2v) is 6.23. The Labute approximate surface area is 139 Å². The number of rotatable bonds is 7. The predicted octanol–water partition coefficient (Wildman–Crippen LogP) is 2.18. The Morgan fingerprint density at radius 2 is 2.22 bits per heavy atom. The van der Waals surface area contributed by atoms with E-state index in [2.05, 4.69) is 5.32 Å². The molecule has 0 radical (unpaired) electrons. The Morgan fingerprint density at radius 1 is 1.43 bits per heavy atom. The lowest BCUT2D eigenvalue weighted by molar-refractivity contribution is -0.122. The Bertz CT molecular complexity index is 664. The van der Waals surface area contributed by atoms with Crippen LogP contribution in [-0.4, -0.2) is 37.5 Å². The molecule has 2 heterocycles. The number of carbonyl (C=O) groups is 2. The topological polar surface area (TPSA) is 71.8 Å². The van der Waals surface area contributed by atoms with Crippen molar-refractivity contribution in [3.05, 3.63) is 45.5 Å². The van der Waals surface area contributed by atoms with Crippen molar-refractivity contribution in [2.75, 3.05) is 20.7 Å². The Kier molecular flexibility index (Phi) is 5.95. The Hall–Kier alpha value is -2.12. The Morgan fingerprint density at radius 3 is 2.87 bits per heavy atom. The van der Waals surface area contributed by atoms with Gasteiger partial charge in [-0.2, -0.15) is 0 Å². The molecule has 2 rings (SSSR count). The van der Waals surface area contributed by atoms with Crippen molar-refractivity contribution in [3.8, 4) is 0 Å². The SMILES string of the molecule is COC(=O)c1cc(CN(C)CC(=O)NCc2cccs2)oc1C. The summed E-state index contributed by atoms with van der Waals surface area (Å²) in [6.07, 6.45) is 0. The van der Waals surface area contributed by atoms with E-state index in [0.717, 1.165) is 4.88 Å². The van der Waals surface area contributed by atoms with E-state index in [0.29, 0.717) is 30.2 Å². The number of furan rings is 1. The predicted molar refractivity (Wildman–Crippen MR) is 87.3 cm³/mol. The van der Waals surface area contributed by atoms with Gasteiger partial charge in [0.05, 0.1) is 26.7 Å². The summed E-state index contributed by atoms with van der Waals surface area (Å²) < 4.78 is 10.2. The summed E-state index contributed by atoms with van der Waals surface area (Å²) >= 11 is 1.61. The first-order valence-corrected chi connectivity index (χ1v) is 8.02. The normalized spacial score (nSPS) is 10.8. The minimum absolute atomic E-state index is 0.0580. The van der Waals surface area contributed by atoms with Crippen LogP contribution in [0.5, 0.6) is 0 Å². The summed E-state index contributed by atoms with van der Waals surface area (Å²) in [5.41, 5.74) is 0.415. The highest BCUT2D eigenvalue weighted by atomic mass is 32.1. The van der Waals surface area contributed by atoms with E-state index >= 15 is 0 Å². The van der Waals surface area contributed by atoms with Crippen molar-refractivity contribution in [1.82, 2.24) is 10.2 Å². The number of methoxy groups -OCH3 is 1. The summed E-state index contributed by atoms with van der Waals surface area (Å²) in [7, 11) is 3.15. The van der Waals surface area contributed by atoms with Crippen molar-refractivity contribution >= 4 is 23.2 Å². The third-order valence-electron chi connectivity index (χ3n) is 3.25. The van der Waals surface area contributed by atoms with Crippen LogP contribution in [0.3, 0.4) is 0 Å². The van der Waals surface area contributed by atoms with Crippen LogP contribution in [0.15, 0.2) is 28.0 Å². The highest BCUT2D eigenvalue weighted by Gasteiger charge is 2.17.